The maximum absolute atomic E-state index is 15.3. The predicted molar refractivity (Wildman–Crippen MR) is 168 cm³/mol. The lowest BCUT2D eigenvalue weighted by atomic mass is 9.74. The number of rotatable bonds is 1. The largest absolute Gasteiger partial charge is 0.417 e. The molecule has 0 spiro atoms. The van der Waals surface area contributed by atoms with Crippen molar-refractivity contribution in [1.29, 1.82) is 0 Å². The van der Waals surface area contributed by atoms with Gasteiger partial charge in [-0.25, -0.2) is 0 Å². The standard InChI is InChI=1S/C38H26F12N3/c1-19-33-24(23-9-5-8-21-12-14-51-16-17-53(33)34(51)27(21)23)10-11-25-28(26-18-22(13-15-52(19)26)20-6-3-2-4-7-20)30(36(42,43)44)32(38(48,49)50)31(37(45,46)47)29(25)35(39,40)41/h2-9,13,15-18,24,33-34H,1,10-12,14H2/q+1. The molecule has 276 valence electrons. The zero-order valence-corrected chi connectivity index (χ0v) is 27.2. The third-order valence-electron chi connectivity index (χ3n) is 10.7. The van der Waals surface area contributed by atoms with Gasteiger partial charge in [-0.05, 0) is 53.7 Å². The summed E-state index contributed by atoms with van der Waals surface area (Å²) in [6.07, 6.45) is -22.0. The maximum Gasteiger partial charge on any atom is 0.417 e. The van der Waals surface area contributed by atoms with Gasteiger partial charge >= 0.3 is 24.7 Å². The van der Waals surface area contributed by atoms with E-state index in [0.29, 0.717) is 24.1 Å². The van der Waals surface area contributed by atoms with Crippen LogP contribution < -0.4 is 4.57 Å². The average Bonchev–Trinajstić information content (AvgIpc) is 3.53. The van der Waals surface area contributed by atoms with Gasteiger partial charge in [0.05, 0.1) is 27.8 Å². The summed E-state index contributed by atoms with van der Waals surface area (Å²) in [4.78, 5) is 3.89. The van der Waals surface area contributed by atoms with Crippen molar-refractivity contribution in [2.75, 3.05) is 6.54 Å². The van der Waals surface area contributed by atoms with Crippen LogP contribution in [0.15, 0.2) is 85.8 Å². The van der Waals surface area contributed by atoms with Crippen LogP contribution in [-0.2, 0) is 37.5 Å². The van der Waals surface area contributed by atoms with E-state index in [2.05, 4.69) is 6.58 Å². The van der Waals surface area contributed by atoms with E-state index in [1.165, 1.54) is 24.4 Å². The Balaban J connectivity index is 1.55. The minimum absolute atomic E-state index is 0.0146. The molecular formula is C38H26F12N3+. The Bertz CT molecular complexity index is 2200. The molecule has 4 aliphatic heterocycles. The zero-order chi connectivity index (χ0) is 38.0. The van der Waals surface area contributed by atoms with Crippen molar-refractivity contribution < 1.29 is 57.3 Å². The van der Waals surface area contributed by atoms with Crippen LogP contribution in [0.2, 0.25) is 0 Å². The zero-order valence-electron chi connectivity index (χ0n) is 27.2. The van der Waals surface area contributed by atoms with Crippen LogP contribution in [-0.4, -0.2) is 22.4 Å². The summed E-state index contributed by atoms with van der Waals surface area (Å²) in [6, 6.07) is 14.7. The van der Waals surface area contributed by atoms with Gasteiger partial charge in [0.1, 0.15) is 12.2 Å². The van der Waals surface area contributed by atoms with Crippen molar-refractivity contribution in [2.24, 2.45) is 0 Å². The van der Waals surface area contributed by atoms with Crippen molar-refractivity contribution in [2.45, 2.75) is 62.1 Å². The predicted octanol–water partition coefficient (Wildman–Crippen LogP) is 10.6. The van der Waals surface area contributed by atoms with Crippen LogP contribution in [0.3, 0.4) is 0 Å². The number of aromatic nitrogens is 1. The molecule has 5 heterocycles. The lowest BCUT2D eigenvalue weighted by molar-refractivity contribution is -0.573. The second-order valence-corrected chi connectivity index (χ2v) is 13.5. The molecule has 8 rings (SSSR count). The summed E-state index contributed by atoms with van der Waals surface area (Å²) in [5, 5.41) is 0. The minimum atomic E-state index is -6.52. The second kappa shape index (κ2) is 11.5. The number of fused-ring (bicyclic) bond motifs is 6. The molecule has 0 fully saturated rings. The van der Waals surface area contributed by atoms with Crippen molar-refractivity contribution in [3.05, 3.63) is 130 Å². The fourth-order valence-corrected chi connectivity index (χ4v) is 8.78. The van der Waals surface area contributed by atoms with E-state index >= 15 is 26.3 Å². The highest BCUT2D eigenvalue weighted by Gasteiger charge is 2.59. The Morgan fingerprint density at radius 2 is 1.30 bits per heavy atom. The van der Waals surface area contributed by atoms with E-state index in [4.69, 9.17) is 0 Å². The highest BCUT2D eigenvalue weighted by atomic mass is 19.4. The molecule has 0 aliphatic carbocycles. The van der Waals surface area contributed by atoms with Gasteiger partial charge in [0.25, 0.3) is 0 Å². The first-order valence-electron chi connectivity index (χ1n) is 16.4. The van der Waals surface area contributed by atoms with E-state index in [1.54, 1.807) is 42.7 Å². The Hall–Kier alpha value is -4.95. The minimum Gasteiger partial charge on any atom is -0.352 e. The highest BCUT2D eigenvalue weighted by Crippen LogP contribution is 2.58. The molecule has 3 aromatic carbocycles. The molecule has 4 aliphatic rings. The molecule has 3 nitrogen and oxygen atoms in total. The number of alkyl halides is 12. The highest BCUT2D eigenvalue weighted by molar-refractivity contribution is 5.78. The van der Waals surface area contributed by atoms with E-state index in [1.807, 2.05) is 15.9 Å². The molecule has 0 saturated carbocycles. The number of pyridine rings is 1. The molecule has 1 aromatic heterocycles. The van der Waals surface area contributed by atoms with Crippen molar-refractivity contribution in [3.8, 4) is 22.4 Å². The van der Waals surface area contributed by atoms with Crippen molar-refractivity contribution in [3.63, 3.8) is 0 Å². The first-order chi connectivity index (χ1) is 24.8. The van der Waals surface area contributed by atoms with Crippen LogP contribution in [0.4, 0.5) is 52.7 Å². The van der Waals surface area contributed by atoms with Gasteiger partial charge in [0.2, 0.25) is 11.4 Å². The van der Waals surface area contributed by atoms with Crippen molar-refractivity contribution in [1.82, 2.24) is 9.80 Å². The third kappa shape index (κ3) is 5.39. The Morgan fingerprint density at radius 3 is 1.94 bits per heavy atom. The third-order valence-corrected chi connectivity index (χ3v) is 10.7. The second-order valence-electron chi connectivity index (χ2n) is 13.5. The van der Waals surface area contributed by atoms with Gasteiger partial charge in [0.15, 0.2) is 6.20 Å². The summed E-state index contributed by atoms with van der Waals surface area (Å²) >= 11 is 0. The van der Waals surface area contributed by atoms with Crippen LogP contribution >= 0.6 is 0 Å². The monoisotopic (exact) mass is 752 g/mol. The number of nitrogens with zero attached hydrogens (tertiary/aromatic N) is 3. The maximum atomic E-state index is 15.3. The summed E-state index contributed by atoms with van der Waals surface area (Å²) in [5.74, 6) is -0.844. The number of hydrogen-bond donors (Lipinski definition) is 0. The Kier molecular flexibility index (Phi) is 7.63. The van der Waals surface area contributed by atoms with Gasteiger partial charge in [-0.1, -0.05) is 48.5 Å². The smallest absolute Gasteiger partial charge is 0.352 e. The number of halogens is 12. The van der Waals surface area contributed by atoms with Crippen molar-refractivity contribution >= 4 is 5.70 Å². The SMILES string of the molecule is C=C1C2C(CCc3c(c(C(F)(F)F)c(C(F)(F)F)c(C(F)(F)F)c3C(F)(F)F)-c3cc(-c4ccccc4)cc[n+]31)c1cccc3c1C1N(C=CN21)CC3. The fraction of sp³-hybridized carbons (Fsp3) is 0.289. The molecule has 3 unspecified atom stereocenters. The topological polar surface area (TPSA) is 10.4 Å². The average molecular weight is 753 g/mol. The normalized spacial score (nSPS) is 21.0. The fourth-order valence-electron chi connectivity index (χ4n) is 8.78. The van der Waals surface area contributed by atoms with Gasteiger partial charge < -0.3 is 9.80 Å². The first kappa shape index (κ1) is 35.1. The van der Waals surface area contributed by atoms with Gasteiger partial charge in [-0.15, -0.1) is 0 Å². The molecular weight excluding hydrogens is 726 g/mol. The molecule has 0 bridgehead atoms. The van der Waals surface area contributed by atoms with Crippen LogP contribution in [0, 0.1) is 0 Å². The molecule has 53 heavy (non-hydrogen) atoms. The number of hydrogen-bond acceptors (Lipinski definition) is 2. The van der Waals surface area contributed by atoms with Crippen LogP contribution in [0.25, 0.3) is 28.1 Å². The Labute approximate surface area is 294 Å². The molecule has 0 N–H and O–H groups in total. The lowest BCUT2D eigenvalue weighted by Gasteiger charge is -2.48. The summed E-state index contributed by atoms with van der Waals surface area (Å²) in [5.41, 5.74) is -13.6. The van der Waals surface area contributed by atoms with Gasteiger partial charge in [0, 0.05) is 42.6 Å². The number of benzene rings is 3. The first-order valence-corrected chi connectivity index (χ1v) is 16.4. The van der Waals surface area contributed by atoms with Gasteiger partial charge in [-0.3, -0.25) is 0 Å². The summed E-state index contributed by atoms with van der Waals surface area (Å²) in [6.45, 7) is 4.81. The van der Waals surface area contributed by atoms with E-state index < -0.39 is 94.7 Å². The van der Waals surface area contributed by atoms with E-state index in [9.17, 15) is 26.3 Å². The molecule has 0 saturated heterocycles. The van der Waals surface area contributed by atoms with E-state index in [0.717, 1.165) is 21.8 Å². The summed E-state index contributed by atoms with van der Waals surface area (Å²) in [7, 11) is 0. The molecule has 0 amide bonds. The quantitative estimate of drug-likeness (QED) is 0.142. The van der Waals surface area contributed by atoms with Crippen LogP contribution in [0.5, 0.6) is 0 Å². The Morgan fingerprint density at radius 1 is 0.660 bits per heavy atom. The lowest BCUT2D eigenvalue weighted by Crippen LogP contribution is -2.53. The molecule has 0 radical (unpaired) electrons. The molecule has 15 heteroatoms. The van der Waals surface area contributed by atoms with Gasteiger partial charge in [-0.2, -0.15) is 57.3 Å². The molecule has 4 aromatic rings. The molecule has 3 atom stereocenters. The summed E-state index contributed by atoms with van der Waals surface area (Å²) < 4.78 is 181. The van der Waals surface area contributed by atoms with E-state index in [-0.39, 0.29) is 11.3 Å². The van der Waals surface area contributed by atoms with Crippen LogP contribution in [0.1, 0.15) is 63.0 Å².